The quantitative estimate of drug-likeness (QED) is 0.497. The molecule has 0 aromatic heterocycles. The second kappa shape index (κ2) is 5.78. The highest BCUT2D eigenvalue weighted by Crippen LogP contribution is 2.24. The SMILES string of the molecule is COC[C@H]1OC=C([N+](=O)[O-])[C@@H](OC)[C@@H]1OC. The molecule has 0 spiro atoms. The van der Waals surface area contributed by atoms with Crippen LogP contribution < -0.4 is 0 Å². The summed E-state index contributed by atoms with van der Waals surface area (Å²) in [6.45, 7) is 0.278. The van der Waals surface area contributed by atoms with Gasteiger partial charge in [0.15, 0.2) is 18.5 Å². The van der Waals surface area contributed by atoms with E-state index in [1.54, 1.807) is 0 Å². The van der Waals surface area contributed by atoms with Crippen molar-refractivity contribution < 1.29 is 23.9 Å². The summed E-state index contributed by atoms with van der Waals surface area (Å²) in [5.74, 6) is 0. The van der Waals surface area contributed by atoms with E-state index in [2.05, 4.69) is 0 Å². The van der Waals surface area contributed by atoms with Crippen LogP contribution in [0.2, 0.25) is 0 Å². The van der Waals surface area contributed by atoms with E-state index in [0.29, 0.717) is 0 Å². The molecule has 92 valence electrons. The minimum Gasteiger partial charge on any atom is -0.486 e. The number of hydrogen-bond donors (Lipinski definition) is 0. The second-order valence-corrected chi connectivity index (χ2v) is 3.29. The Kier molecular flexibility index (Phi) is 4.66. The minimum atomic E-state index is -0.756. The highest BCUT2D eigenvalue weighted by atomic mass is 16.6. The standard InChI is InChI=1S/C9H15NO6/c1-13-5-7-9(15-3)8(14-2)6(4-16-7)10(11)12/h4,7-9H,5H2,1-3H3/t7-,8-,9-/m1/s1. The van der Waals surface area contributed by atoms with E-state index in [1.807, 2.05) is 0 Å². The maximum atomic E-state index is 10.7. The maximum absolute atomic E-state index is 10.7. The molecule has 0 fully saturated rings. The van der Waals surface area contributed by atoms with Gasteiger partial charge < -0.3 is 18.9 Å². The molecule has 0 saturated carbocycles. The third-order valence-corrected chi connectivity index (χ3v) is 2.39. The summed E-state index contributed by atoms with van der Waals surface area (Å²) >= 11 is 0. The van der Waals surface area contributed by atoms with E-state index in [-0.39, 0.29) is 12.3 Å². The average molecular weight is 233 g/mol. The minimum absolute atomic E-state index is 0.151. The smallest absolute Gasteiger partial charge is 0.311 e. The molecule has 3 atom stereocenters. The lowest BCUT2D eigenvalue weighted by atomic mass is 10.0. The van der Waals surface area contributed by atoms with Crippen molar-refractivity contribution in [2.75, 3.05) is 27.9 Å². The number of nitro groups is 1. The van der Waals surface area contributed by atoms with Gasteiger partial charge in [0.25, 0.3) is 0 Å². The molecule has 0 N–H and O–H groups in total. The highest BCUT2D eigenvalue weighted by molar-refractivity contribution is 5.05. The van der Waals surface area contributed by atoms with Crippen molar-refractivity contribution in [3.63, 3.8) is 0 Å². The molecular weight excluding hydrogens is 218 g/mol. The van der Waals surface area contributed by atoms with Gasteiger partial charge in [0.05, 0.1) is 11.5 Å². The van der Waals surface area contributed by atoms with Gasteiger partial charge in [0.1, 0.15) is 6.10 Å². The fourth-order valence-electron chi connectivity index (χ4n) is 1.64. The van der Waals surface area contributed by atoms with Crippen LogP contribution in [-0.2, 0) is 18.9 Å². The molecule has 16 heavy (non-hydrogen) atoms. The van der Waals surface area contributed by atoms with Gasteiger partial charge in [-0.2, -0.15) is 0 Å². The van der Waals surface area contributed by atoms with E-state index < -0.39 is 23.2 Å². The molecule has 0 aromatic carbocycles. The third-order valence-electron chi connectivity index (χ3n) is 2.39. The molecule has 7 nitrogen and oxygen atoms in total. The Morgan fingerprint density at radius 1 is 1.44 bits per heavy atom. The second-order valence-electron chi connectivity index (χ2n) is 3.29. The molecule has 0 aliphatic carbocycles. The van der Waals surface area contributed by atoms with Crippen molar-refractivity contribution in [2.24, 2.45) is 0 Å². The Morgan fingerprint density at radius 3 is 2.56 bits per heavy atom. The van der Waals surface area contributed by atoms with Crippen LogP contribution in [0.3, 0.4) is 0 Å². The number of methoxy groups -OCH3 is 3. The molecule has 1 heterocycles. The van der Waals surface area contributed by atoms with Gasteiger partial charge in [0.2, 0.25) is 0 Å². The number of hydrogen-bond acceptors (Lipinski definition) is 6. The predicted octanol–water partition coefficient (Wildman–Crippen LogP) is 0.180. The molecule has 0 aromatic rings. The molecule has 0 radical (unpaired) electrons. The van der Waals surface area contributed by atoms with E-state index >= 15 is 0 Å². The van der Waals surface area contributed by atoms with Gasteiger partial charge in [-0.25, -0.2) is 0 Å². The Bertz CT molecular complexity index is 279. The summed E-state index contributed by atoms with van der Waals surface area (Å²) in [5, 5.41) is 10.7. The lowest BCUT2D eigenvalue weighted by Gasteiger charge is -2.32. The van der Waals surface area contributed by atoms with Gasteiger partial charge in [-0.15, -0.1) is 0 Å². The zero-order chi connectivity index (χ0) is 12.1. The van der Waals surface area contributed by atoms with Crippen LogP contribution in [0.1, 0.15) is 0 Å². The summed E-state index contributed by atoms with van der Waals surface area (Å²) in [7, 11) is 4.36. The van der Waals surface area contributed by atoms with Crippen LogP contribution in [0.4, 0.5) is 0 Å². The van der Waals surface area contributed by atoms with Crippen molar-refractivity contribution >= 4 is 0 Å². The first-order valence-corrected chi connectivity index (χ1v) is 4.70. The third kappa shape index (κ3) is 2.49. The van der Waals surface area contributed by atoms with Crippen LogP contribution in [0.25, 0.3) is 0 Å². The first kappa shape index (κ1) is 12.9. The van der Waals surface area contributed by atoms with Crippen LogP contribution in [0.15, 0.2) is 12.0 Å². The van der Waals surface area contributed by atoms with Gasteiger partial charge >= 0.3 is 5.70 Å². The monoisotopic (exact) mass is 233 g/mol. The Labute approximate surface area is 93.1 Å². The van der Waals surface area contributed by atoms with E-state index in [9.17, 15) is 10.1 Å². The summed E-state index contributed by atoms with van der Waals surface area (Å²) in [4.78, 5) is 10.2. The van der Waals surface area contributed by atoms with Crippen molar-refractivity contribution in [2.45, 2.75) is 18.3 Å². The summed E-state index contributed by atoms with van der Waals surface area (Å²) < 4.78 is 20.4. The number of rotatable bonds is 5. The van der Waals surface area contributed by atoms with E-state index in [0.717, 1.165) is 6.26 Å². The number of ether oxygens (including phenoxy) is 4. The van der Waals surface area contributed by atoms with Crippen molar-refractivity contribution in [1.29, 1.82) is 0 Å². The molecule has 7 heteroatoms. The van der Waals surface area contributed by atoms with Crippen LogP contribution in [-0.4, -0.2) is 51.2 Å². The van der Waals surface area contributed by atoms with Crippen LogP contribution in [0, 0.1) is 10.1 Å². The predicted molar refractivity (Wildman–Crippen MR) is 53.4 cm³/mol. The van der Waals surface area contributed by atoms with E-state index in [1.165, 1.54) is 21.3 Å². The lowest BCUT2D eigenvalue weighted by molar-refractivity contribution is -0.445. The normalized spacial score (nSPS) is 29.4. The molecule has 0 saturated heterocycles. The van der Waals surface area contributed by atoms with Crippen molar-refractivity contribution in [3.8, 4) is 0 Å². The van der Waals surface area contributed by atoms with E-state index in [4.69, 9.17) is 18.9 Å². The fraction of sp³-hybridized carbons (Fsp3) is 0.778. The zero-order valence-corrected chi connectivity index (χ0v) is 9.41. The van der Waals surface area contributed by atoms with Crippen LogP contribution >= 0.6 is 0 Å². The zero-order valence-electron chi connectivity index (χ0n) is 9.41. The average Bonchev–Trinajstić information content (AvgIpc) is 2.28. The van der Waals surface area contributed by atoms with Crippen molar-refractivity contribution in [3.05, 3.63) is 22.1 Å². The first-order chi connectivity index (χ1) is 7.65. The Balaban J connectivity index is 2.89. The lowest BCUT2D eigenvalue weighted by Crippen LogP contribution is -2.48. The summed E-state index contributed by atoms with van der Waals surface area (Å²) in [6.07, 6.45) is -0.638. The van der Waals surface area contributed by atoms with Gasteiger partial charge in [-0.1, -0.05) is 0 Å². The van der Waals surface area contributed by atoms with Crippen LogP contribution in [0.5, 0.6) is 0 Å². The largest absolute Gasteiger partial charge is 0.486 e. The van der Waals surface area contributed by atoms with Gasteiger partial charge in [-0.3, -0.25) is 10.1 Å². The van der Waals surface area contributed by atoms with Gasteiger partial charge in [-0.05, 0) is 0 Å². The summed E-state index contributed by atoms with van der Waals surface area (Å²) in [5.41, 5.74) is -0.151. The molecule has 1 rings (SSSR count). The molecule has 0 bridgehead atoms. The van der Waals surface area contributed by atoms with Crippen molar-refractivity contribution in [1.82, 2.24) is 0 Å². The highest BCUT2D eigenvalue weighted by Gasteiger charge is 2.43. The van der Waals surface area contributed by atoms with Gasteiger partial charge in [0, 0.05) is 21.3 Å². The first-order valence-electron chi connectivity index (χ1n) is 4.70. The molecular formula is C9H15NO6. The maximum Gasteiger partial charge on any atom is 0.311 e. The molecule has 0 unspecified atom stereocenters. The molecule has 1 aliphatic heterocycles. The Morgan fingerprint density at radius 2 is 2.12 bits per heavy atom. The summed E-state index contributed by atoms with van der Waals surface area (Å²) in [6, 6.07) is 0. The topological polar surface area (TPSA) is 80.1 Å². The molecule has 0 amide bonds. The fourth-order valence-corrected chi connectivity index (χ4v) is 1.64. The number of nitrogens with zero attached hydrogens (tertiary/aromatic N) is 1. The Hall–Kier alpha value is -1.18. The molecule has 1 aliphatic rings.